The van der Waals surface area contributed by atoms with E-state index in [1.54, 1.807) is 24.3 Å². The normalized spacial score (nSPS) is 18.3. The average Bonchev–Trinajstić information content (AvgIpc) is 3.38. The number of fused-ring (bicyclic) bond motifs is 2. The number of unbranched alkanes of at least 4 members (excludes halogenated alkanes) is 4. The van der Waals surface area contributed by atoms with Crippen LogP contribution in [0.5, 0.6) is 23.0 Å². The zero-order valence-electron chi connectivity index (χ0n) is 40.9. The van der Waals surface area contributed by atoms with E-state index in [4.69, 9.17) is 18.9 Å². The van der Waals surface area contributed by atoms with Crippen LogP contribution in [0, 0.1) is 23.7 Å². The Bertz CT molecular complexity index is 2330. The van der Waals surface area contributed by atoms with E-state index in [1.807, 2.05) is 97.1 Å². The monoisotopic (exact) mass is 915 g/mol. The third-order valence-corrected chi connectivity index (χ3v) is 15.0. The van der Waals surface area contributed by atoms with Gasteiger partial charge in [0.05, 0.1) is 24.3 Å². The minimum atomic E-state index is -0.486. The van der Waals surface area contributed by atoms with Crippen LogP contribution in [0.4, 0.5) is 0 Å². The number of hydrogen-bond acceptors (Lipinski definition) is 6. The van der Waals surface area contributed by atoms with Crippen LogP contribution in [0.15, 0.2) is 121 Å². The topological polar surface area (TPSA) is 71.1 Å². The summed E-state index contributed by atoms with van der Waals surface area (Å²) in [4.78, 5) is 27.9. The highest BCUT2D eigenvalue weighted by Crippen LogP contribution is 2.46. The molecule has 0 heterocycles. The highest BCUT2D eigenvalue weighted by atomic mass is 16.5. The molecule has 6 aromatic carbocycles. The maximum Gasteiger partial charge on any atom is 0.343 e. The molecule has 2 saturated carbocycles. The fourth-order valence-corrected chi connectivity index (χ4v) is 11.0. The second-order valence-electron chi connectivity index (χ2n) is 19.9. The molecule has 0 atom stereocenters. The molecule has 2 fully saturated rings. The SMILES string of the molecule is CCCCC[C@H]1CC[C@H](CCCOc2ccc(C(=O)Oc3ccc4ccccc4c3-c3c(OC(=O)c4ccc(OCCC[C@H]5CC[C@H](CCCCC)CC5)cc4)ccc4ccccc34)cc2)CC1. The number of rotatable bonds is 23. The third kappa shape index (κ3) is 13.3. The first-order valence-corrected chi connectivity index (χ1v) is 26.4. The van der Waals surface area contributed by atoms with Crippen molar-refractivity contribution in [3.8, 4) is 34.1 Å². The van der Waals surface area contributed by atoms with E-state index in [0.29, 0.717) is 47.0 Å². The Morgan fingerprint density at radius 2 is 0.765 bits per heavy atom. The highest BCUT2D eigenvalue weighted by molar-refractivity contribution is 6.11. The molecule has 0 spiro atoms. The van der Waals surface area contributed by atoms with Gasteiger partial charge in [0, 0.05) is 11.1 Å². The fraction of sp³-hybridized carbons (Fsp3) is 0.452. The smallest absolute Gasteiger partial charge is 0.343 e. The van der Waals surface area contributed by atoms with Crippen LogP contribution in [-0.4, -0.2) is 25.2 Å². The first-order valence-electron chi connectivity index (χ1n) is 26.4. The molecule has 0 aliphatic heterocycles. The molecule has 0 unspecified atom stereocenters. The minimum Gasteiger partial charge on any atom is -0.494 e. The molecule has 6 heteroatoms. The summed E-state index contributed by atoms with van der Waals surface area (Å²) >= 11 is 0. The van der Waals surface area contributed by atoms with E-state index < -0.39 is 11.9 Å². The van der Waals surface area contributed by atoms with Crippen LogP contribution >= 0.6 is 0 Å². The largest absolute Gasteiger partial charge is 0.494 e. The van der Waals surface area contributed by atoms with E-state index in [-0.39, 0.29) is 0 Å². The number of carbonyl (C=O) groups excluding carboxylic acids is 2. The van der Waals surface area contributed by atoms with Crippen molar-refractivity contribution in [2.24, 2.45) is 23.7 Å². The van der Waals surface area contributed by atoms with Gasteiger partial charge in [-0.15, -0.1) is 0 Å². The molecule has 6 aromatic rings. The van der Waals surface area contributed by atoms with Crippen LogP contribution in [-0.2, 0) is 0 Å². The van der Waals surface area contributed by atoms with Gasteiger partial charge in [-0.25, -0.2) is 9.59 Å². The molecule has 0 radical (unpaired) electrons. The van der Waals surface area contributed by atoms with Gasteiger partial charge in [-0.2, -0.15) is 0 Å². The summed E-state index contributed by atoms with van der Waals surface area (Å²) in [5.41, 5.74) is 2.17. The number of benzene rings is 6. The van der Waals surface area contributed by atoms with Gasteiger partial charge >= 0.3 is 11.9 Å². The highest BCUT2D eigenvalue weighted by Gasteiger charge is 2.25. The van der Waals surface area contributed by atoms with Crippen molar-refractivity contribution in [2.45, 2.75) is 142 Å². The number of esters is 2. The van der Waals surface area contributed by atoms with Crippen molar-refractivity contribution in [3.63, 3.8) is 0 Å². The zero-order valence-corrected chi connectivity index (χ0v) is 40.9. The lowest BCUT2D eigenvalue weighted by Crippen LogP contribution is -2.15. The molecule has 8 rings (SSSR count). The summed E-state index contributed by atoms with van der Waals surface area (Å²) in [5.74, 6) is 4.74. The Kier molecular flexibility index (Phi) is 18.0. The van der Waals surface area contributed by atoms with Gasteiger partial charge in [-0.05, 0) is 132 Å². The molecule has 2 aliphatic carbocycles. The molecule has 6 nitrogen and oxygen atoms in total. The third-order valence-electron chi connectivity index (χ3n) is 15.0. The van der Waals surface area contributed by atoms with Gasteiger partial charge in [0.1, 0.15) is 23.0 Å². The summed E-state index contributed by atoms with van der Waals surface area (Å²) in [6, 6.07) is 38.0. The lowest BCUT2D eigenvalue weighted by atomic mass is 9.78. The van der Waals surface area contributed by atoms with Crippen LogP contribution in [0.2, 0.25) is 0 Å². The quantitative estimate of drug-likeness (QED) is 0.0362. The maximum absolute atomic E-state index is 14.0. The number of carbonyl (C=O) groups is 2. The van der Waals surface area contributed by atoms with Crippen molar-refractivity contribution < 1.29 is 28.5 Å². The van der Waals surface area contributed by atoms with E-state index in [9.17, 15) is 9.59 Å². The Balaban J connectivity index is 0.904. The summed E-state index contributed by atoms with van der Waals surface area (Å²) in [5, 5.41) is 3.66. The Morgan fingerprint density at radius 3 is 1.13 bits per heavy atom. The van der Waals surface area contributed by atoms with Crippen molar-refractivity contribution >= 4 is 33.5 Å². The lowest BCUT2D eigenvalue weighted by Gasteiger charge is -2.28. The molecule has 0 N–H and O–H groups in total. The Labute approximate surface area is 406 Å². The van der Waals surface area contributed by atoms with Gasteiger partial charge in [-0.1, -0.05) is 177 Å². The van der Waals surface area contributed by atoms with E-state index in [1.165, 1.54) is 116 Å². The summed E-state index contributed by atoms with van der Waals surface area (Å²) < 4.78 is 24.9. The second-order valence-corrected chi connectivity index (χ2v) is 19.9. The maximum atomic E-state index is 14.0. The van der Waals surface area contributed by atoms with Crippen LogP contribution < -0.4 is 18.9 Å². The lowest BCUT2D eigenvalue weighted by molar-refractivity contribution is 0.0723. The minimum absolute atomic E-state index is 0.370. The van der Waals surface area contributed by atoms with E-state index >= 15 is 0 Å². The molecule has 0 amide bonds. The van der Waals surface area contributed by atoms with Crippen LogP contribution in [0.3, 0.4) is 0 Å². The molecule has 2 aliphatic rings. The standard InChI is InChI=1S/C62H74O6/c1-3-5-7-15-45-23-27-47(28-24-45)17-13-43-65-53-37-31-51(32-38-53)61(63)67-57-41-35-49-19-9-11-21-55(49)59(57)60-56-22-12-10-20-50(56)36-42-58(60)68-62(64)52-33-39-54(40-34-52)66-44-14-18-48-29-25-46(26-30-48)16-8-6-4-2/h9-12,19-22,31-42,45-48H,3-8,13-18,23-30,43-44H2,1-2H3/t45-,46-,47-,48-. The summed E-state index contributed by atoms with van der Waals surface area (Å²) in [7, 11) is 0. The molecular formula is C62H74O6. The van der Waals surface area contributed by atoms with Crippen molar-refractivity contribution in [2.75, 3.05) is 13.2 Å². The van der Waals surface area contributed by atoms with E-state index in [2.05, 4.69) is 13.8 Å². The van der Waals surface area contributed by atoms with Crippen LogP contribution in [0.25, 0.3) is 32.7 Å². The van der Waals surface area contributed by atoms with Gasteiger partial charge < -0.3 is 18.9 Å². The first kappa shape index (κ1) is 48.8. The van der Waals surface area contributed by atoms with Gasteiger partial charge in [0.15, 0.2) is 0 Å². The van der Waals surface area contributed by atoms with Crippen molar-refractivity contribution in [3.05, 3.63) is 132 Å². The molecule has 0 bridgehead atoms. The van der Waals surface area contributed by atoms with Crippen molar-refractivity contribution in [1.82, 2.24) is 0 Å². The predicted molar refractivity (Wildman–Crippen MR) is 278 cm³/mol. The number of ether oxygens (including phenoxy) is 4. The summed E-state index contributed by atoms with van der Waals surface area (Å²) in [6.07, 6.45) is 26.4. The molecular weight excluding hydrogens is 841 g/mol. The Morgan fingerprint density at radius 1 is 0.412 bits per heavy atom. The van der Waals surface area contributed by atoms with Gasteiger partial charge in [0.25, 0.3) is 0 Å². The average molecular weight is 915 g/mol. The van der Waals surface area contributed by atoms with Crippen molar-refractivity contribution in [1.29, 1.82) is 0 Å². The second kappa shape index (κ2) is 25.1. The molecule has 0 aromatic heterocycles. The van der Waals surface area contributed by atoms with Gasteiger partial charge in [-0.3, -0.25) is 0 Å². The van der Waals surface area contributed by atoms with Crippen LogP contribution in [0.1, 0.15) is 163 Å². The molecule has 68 heavy (non-hydrogen) atoms. The predicted octanol–water partition coefficient (Wildman–Crippen LogP) is 17.2. The molecule has 0 saturated heterocycles. The molecule has 358 valence electrons. The Hall–Kier alpha value is -5.62. The summed E-state index contributed by atoms with van der Waals surface area (Å²) in [6.45, 7) is 5.90. The first-order chi connectivity index (χ1) is 33.4. The van der Waals surface area contributed by atoms with E-state index in [0.717, 1.165) is 69.6 Å². The zero-order chi connectivity index (χ0) is 46.9. The fourth-order valence-electron chi connectivity index (χ4n) is 11.0. The van der Waals surface area contributed by atoms with Gasteiger partial charge in [0.2, 0.25) is 0 Å². The number of hydrogen-bond donors (Lipinski definition) is 0.